The fraction of sp³-hybridized carbons (Fsp3) is 0.548. The zero-order chi connectivity index (χ0) is 90.3. The van der Waals surface area contributed by atoms with Crippen molar-refractivity contribution in [1.29, 1.82) is 16.2 Å². The molecule has 44 nitrogen and oxygen atoms in total. The van der Waals surface area contributed by atoms with Crippen LogP contribution in [0.1, 0.15) is 94.9 Å². The van der Waals surface area contributed by atoms with Crippen LogP contribution in [-0.4, -0.2) is 279 Å². The van der Waals surface area contributed by atoms with E-state index in [9.17, 15) is 87.2 Å². The normalized spacial score (nSPS) is 14.4. The van der Waals surface area contributed by atoms with Crippen LogP contribution >= 0.6 is 48.8 Å². The Kier molecular flexibility index (Phi) is 48.2. The summed E-state index contributed by atoms with van der Waals surface area (Å²) < 4.78 is 0. The van der Waals surface area contributed by atoms with Crippen molar-refractivity contribution in [3.05, 3.63) is 83.9 Å². The average Bonchev–Trinajstić information content (AvgIpc) is 1.18. The van der Waals surface area contributed by atoms with E-state index in [0.29, 0.717) is 29.0 Å². The van der Waals surface area contributed by atoms with E-state index < -0.39 is 210 Å². The van der Waals surface area contributed by atoms with Crippen molar-refractivity contribution in [1.82, 2.24) is 95.0 Å². The molecule has 0 saturated heterocycles. The third kappa shape index (κ3) is 40.0. The number of phenols is 1. The van der Waals surface area contributed by atoms with Crippen molar-refractivity contribution < 1.29 is 87.2 Å². The molecule has 0 fully saturated rings. The first-order valence-electron chi connectivity index (χ1n) is 38.5. The number of aliphatic hydroxyl groups excluding tert-OH is 1. The summed E-state index contributed by atoms with van der Waals surface area (Å²) >= 11 is 11.2. The number of amides is 14. The number of rotatable bonds is 58. The number of phenolic OH excluding ortho intramolecular Hbond substituents is 1. The molecule has 14 atom stereocenters. The molecule has 0 aliphatic carbocycles. The van der Waals surface area contributed by atoms with E-state index in [1.54, 1.807) is 43.5 Å². The molecule has 14 amide bonds. The number of imidazole rings is 1. The van der Waals surface area contributed by atoms with Gasteiger partial charge in [0.05, 0.1) is 37.6 Å². The maximum Gasteiger partial charge on any atom is 0.305 e. The average molecular weight is 1770 g/mol. The highest BCUT2D eigenvalue weighted by Crippen LogP contribution is 2.16. The lowest BCUT2D eigenvalue weighted by Crippen LogP contribution is -2.62. The second-order valence-electron chi connectivity index (χ2n) is 27.8. The number of aromatic amines is 1. The maximum absolute atomic E-state index is 14.6. The Labute approximate surface area is 718 Å². The number of aromatic hydroxyl groups is 1. The van der Waals surface area contributed by atoms with Gasteiger partial charge in [0.1, 0.15) is 78.3 Å². The first-order chi connectivity index (χ1) is 57.5. The minimum absolute atomic E-state index is 0.0105. The quantitative estimate of drug-likeness (QED) is 0.0108. The first kappa shape index (κ1) is 104. The Morgan fingerprint density at radius 2 is 0.868 bits per heavy atom. The maximum atomic E-state index is 14.6. The van der Waals surface area contributed by atoms with Crippen molar-refractivity contribution in [2.24, 2.45) is 34.6 Å². The number of carboxylic acid groups (broad SMARTS) is 1. The molecule has 3 aromatic rings. The van der Waals surface area contributed by atoms with E-state index in [1.165, 1.54) is 67.2 Å². The lowest BCUT2D eigenvalue weighted by atomic mass is 9.97. The fourth-order valence-corrected chi connectivity index (χ4v) is 12.9. The van der Waals surface area contributed by atoms with Crippen LogP contribution in [0.2, 0.25) is 0 Å². The predicted octanol–water partition coefficient (Wildman–Crippen LogP) is -7.44. The van der Waals surface area contributed by atoms with Crippen molar-refractivity contribution in [2.45, 2.75) is 176 Å². The molecule has 0 unspecified atom stereocenters. The van der Waals surface area contributed by atoms with Crippen LogP contribution in [0.5, 0.6) is 5.75 Å². The number of H-pyrrole nitrogens is 1. The predicted molar refractivity (Wildman–Crippen MR) is 458 cm³/mol. The van der Waals surface area contributed by atoms with Gasteiger partial charge >= 0.3 is 5.97 Å². The molecule has 0 aliphatic heterocycles. The van der Waals surface area contributed by atoms with E-state index in [4.69, 9.17) is 44.9 Å². The Morgan fingerprint density at radius 1 is 0.471 bits per heavy atom. The van der Waals surface area contributed by atoms with Crippen molar-refractivity contribution in [3.63, 3.8) is 0 Å². The van der Waals surface area contributed by atoms with E-state index in [1.807, 2.05) is 6.26 Å². The number of thiol groups is 2. The van der Waals surface area contributed by atoms with Gasteiger partial charge in [-0.25, -0.2) is 4.98 Å². The third-order valence-electron chi connectivity index (χ3n) is 18.3. The number of nitrogens with one attached hydrogen (secondary N) is 20. The van der Waals surface area contributed by atoms with Crippen molar-refractivity contribution >= 4 is 155 Å². The number of carbonyl (C=O) groups is 15. The minimum Gasteiger partial charge on any atom is -0.508 e. The zero-order valence-electron chi connectivity index (χ0n) is 67.5. The number of aromatic nitrogens is 2. The fourth-order valence-electron chi connectivity index (χ4n) is 11.4. The summed E-state index contributed by atoms with van der Waals surface area (Å²) in [7, 11) is 0. The number of aliphatic hydroxyl groups is 1. The van der Waals surface area contributed by atoms with Crippen molar-refractivity contribution in [3.8, 4) is 5.75 Å². The van der Waals surface area contributed by atoms with Gasteiger partial charge in [0.2, 0.25) is 82.7 Å². The number of carboxylic acids is 1. The lowest BCUT2D eigenvalue weighted by Gasteiger charge is -2.29. The van der Waals surface area contributed by atoms with Gasteiger partial charge in [-0.15, -0.1) is 0 Å². The van der Waals surface area contributed by atoms with Crippen LogP contribution in [0.3, 0.4) is 0 Å². The van der Waals surface area contributed by atoms with Crippen LogP contribution < -0.4 is 114 Å². The van der Waals surface area contributed by atoms with E-state index in [-0.39, 0.29) is 113 Å². The van der Waals surface area contributed by atoms with E-state index in [2.05, 4.69) is 120 Å². The zero-order valence-corrected chi connectivity index (χ0v) is 70.9. The van der Waals surface area contributed by atoms with E-state index in [0.717, 1.165) is 0 Å². The molecule has 0 spiro atoms. The molecule has 48 heteroatoms. The summed E-state index contributed by atoms with van der Waals surface area (Å²) in [6.07, 6.45) is 4.53. The molecule has 0 aliphatic rings. The second-order valence-corrected chi connectivity index (χ2v) is 30.5. The third-order valence-corrected chi connectivity index (χ3v) is 20.3. The first-order valence-corrected chi connectivity index (χ1v) is 42.5. The smallest absolute Gasteiger partial charge is 0.305 e. The summed E-state index contributed by atoms with van der Waals surface area (Å²) in [5, 5.41) is 93.4. The number of guanidine groups is 3. The number of benzene rings is 2. The van der Waals surface area contributed by atoms with Crippen LogP contribution in [0.25, 0.3) is 0 Å². The molecule has 0 radical (unpaired) electrons. The molecule has 1 aromatic heterocycles. The van der Waals surface area contributed by atoms with Gasteiger partial charge in [0, 0.05) is 56.6 Å². The molecule has 0 bridgehead atoms. The Bertz CT molecular complexity index is 3940. The molecular weight excluding hydrogens is 1660 g/mol. The van der Waals surface area contributed by atoms with Crippen LogP contribution in [0.4, 0.5) is 0 Å². The van der Waals surface area contributed by atoms with Crippen LogP contribution in [0.15, 0.2) is 67.1 Å². The number of primary amides is 1. The lowest BCUT2D eigenvalue weighted by molar-refractivity contribution is -0.141. The number of hydrogen-bond acceptors (Lipinski definition) is 26. The monoisotopic (exact) mass is 1770 g/mol. The van der Waals surface area contributed by atoms with Gasteiger partial charge in [0.15, 0.2) is 17.9 Å². The topological polar surface area (TPSA) is 740 Å². The summed E-state index contributed by atoms with van der Waals surface area (Å²) in [6.45, 7) is 1.29. The Morgan fingerprint density at radius 3 is 1.34 bits per heavy atom. The highest BCUT2D eigenvalue weighted by molar-refractivity contribution is 7.98. The molecule has 121 heavy (non-hydrogen) atoms. The molecule has 3 rings (SSSR count). The summed E-state index contributed by atoms with van der Waals surface area (Å²) in [5.41, 5.74) is 29.3. The minimum atomic E-state index is -2.02. The Balaban J connectivity index is 1.91. The SMILES string of the molecule is CC[C@H](C)[C@H](NC(=O)[C@H](CCCNC(=N)N)NC(=O)[C@H](CC(=O)O)NC(=O)[C@H](CCSC)NC(=O)[C@H](CCCNC(=N)N)NC(=O)CNC(=O)[C@H](Cc1ccccc1)NC(=O)[C@H](Cc1c[nH]cn1)NC(=O)[C@H](CS)NC(=O)[C@@H](N)CCSC)C(=O)N[C@@H](CO)C(=O)N[C@@H](CS)C(=O)N[C@@H](Cc1ccc(O)cc1)C(=O)N[C@@H](CCCNC(=N)N)C(N)=O. The standard InChI is InChI=1S/C73H116N26O18S4/c1-5-38(2)57(70(117)96-52(34-100)67(114)98-54(36-119)69(116)93-49(29-40-17-19-42(101)20-18-40)64(111)89-44(58(75)105)14-9-23-83-71(76)77)99-63(110)46(16-11-25-85-73(80)81)90-66(113)51(31-56(103)104)95-62(109)47(22-27-121-4)91-61(108)45(15-10-24-84-72(78)79)88-55(102)33-86-60(107)48(28-39-12-7-6-8-13-39)92-65(112)50(30-41-32-82-37-87-41)94-68(115)53(35-118)97-59(106)43(74)21-26-120-3/h6-8,12-13,17-20,32,37-38,43-54,57,100-101,118-119H,5,9-11,14-16,21-31,33-36,74H2,1-4H3,(H2,75,105)(H,82,87)(H,86,107)(H,88,102)(H,89,111)(H,90,113)(H,91,108)(H,92,112)(H,93,116)(H,94,115)(H,95,109)(H,96,117)(H,97,106)(H,98,114)(H,99,110)(H,103,104)(H4,76,77,83)(H4,78,79,84)(H4,80,81,85)/t38-,43-,44-,45-,46-,47-,48-,49-,50-,51-,52-,53-,54-,57-/m0/s1. The van der Waals surface area contributed by atoms with Crippen LogP contribution in [-0.2, 0) is 91.2 Å². The highest BCUT2D eigenvalue weighted by Gasteiger charge is 2.38. The second kappa shape index (κ2) is 56.2. The van der Waals surface area contributed by atoms with Gasteiger partial charge in [-0.1, -0.05) is 62.7 Å². The van der Waals surface area contributed by atoms with Crippen molar-refractivity contribution in [2.75, 3.05) is 68.3 Å². The van der Waals surface area contributed by atoms with E-state index >= 15 is 0 Å². The van der Waals surface area contributed by atoms with Crippen LogP contribution in [0, 0.1) is 22.1 Å². The summed E-state index contributed by atoms with van der Waals surface area (Å²) in [4.78, 5) is 215. The van der Waals surface area contributed by atoms with Gasteiger partial charge in [-0.3, -0.25) is 88.1 Å². The highest BCUT2D eigenvalue weighted by atomic mass is 32.2. The summed E-state index contributed by atoms with van der Waals surface area (Å²) in [5.74, 6) is -17.5. The number of aliphatic carboxylic acids is 1. The Hall–Kier alpha value is -11.4. The van der Waals surface area contributed by atoms with Gasteiger partial charge in [0.25, 0.3) is 0 Å². The van der Waals surface area contributed by atoms with Gasteiger partial charge in [-0.2, -0.15) is 48.8 Å². The molecule has 0 saturated carbocycles. The number of hydrogen-bond donors (Lipinski definition) is 30. The molecule has 670 valence electrons. The number of thioether (sulfide) groups is 2. The number of carbonyl (C=O) groups excluding carboxylic acids is 14. The van der Waals surface area contributed by atoms with Gasteiger partial charge < -0.3 is 134 Å². The number of nitrogens with two attached hydrogens (primary N) is 5. The molecule has 33 N–H and O–H groups in total. The molecular formula is C73H116N26O18S4. The molecule has 2 aromatic carbocycles. The largest absolute Gasteiger partial charge is 0.508 e. The number of nitrogens with zero attached hydrogens (tertiary/aromatic N) is 1. The summed E-state index contributed by atoms with van der Waals surface area (Å²) in [6, 6.07) is -5.70. The molecule has 1 heterocycles. The van der Waals surface area contributed by atoms with Gasteiger partial charge in [-0.05, 0) is 105 Å².